The molecule has 2 aromatic carbocycles. The fraction of sp³-hybridized carbons (Fsp3) is 0.278. The Bertz CT molecular complexity index is 639. The number of ether oxygens (including phenoxy) is 2. The molecule has 0 aliphatic heterocycles. The van der Waals surface area contributed by atoms with Crippen LogP contribution in [0, 0.1) is 0 Å². The fourth-order valence-corrected chi connectivity index (χ4v) is 2.15. The van der Waals surface area contributed by atoms with Gasteiger partial charge in [-0.3, -0.25) is 0 Å². The van der Waals surface area contributed by atoms with E-state index < -0.39 is 18.2 Å². The van der Waals surface area contributed by atoms with E-state index in [2.05, 4.69) is 4.74 Å². The third-order valence-electron chi connectivity index (χ3n) is 3.34. The quantitative estimate of drug-likeness (QED) is 0.773. The first kappa shape index (κ1) is 19.9. The maximum absolute atomic E-state index is 14.2. The lowest BCUT2D eigenvalue weighted by Gasteiger charge is -2.19. The van der Waals surface area contributed by atoms with Crippen molar-refractivity contribution in [1.29, 1.82) is 0 Å². The molecule has 0 saturated carbocycles. The molecule has 6 heteroatoms. The molecule has 2 rings (SSSR count). The summed E-state index contributed by atoms with van der Waals surface area (Å²) in [7, 11) is 0. The normalized spacial score (nSPS) is 12.6. The molecule has 0 aromatic heterocycles. The van der Waals surface area contributed by atoms with Crippen molar-refractivity contribution in [3.63, 3.8) is 0 Å². The summed E-state index contributed by atoms with van der Waals surface area (Å²) in [5.41, 5.74) is 7.30. The average Bonchev–Trinajstić information content (AvgIpc) is 2.60. The number of hydrogen-bond acceptors (Lipinski definition) is 4. The van der Waals surface area contributed by atoms with E-state index in [1.807, 2.05) is 30.3 Å². The second-order valence-corrected chi connectivity index (χ2v) is 4.99. The predicted octanol–water partition coefficient (Wildman–Crippen LogP) is 3.59. The topological polar surface area (TPSA) is 61.5 Å². The van der Waals surface area contributed by atoms with Gasteiger partial charge in [0.2, 0.25) is 6.17 Å². The summed E-state index contributed by atoms with van der Waals surface area (Å²) in [4.78, 5) is 11.5. The minimum atomic E-state index is -1.93. The van der Waals surface area contributed by atoms with E-state index in [9.17, 15) is 9.18 Å². The summed E-state index contributed by atoms with van der Waals surface area (Å²) in [6, 6.07) is 15.3. The van der Waals surface area contributed by atoms with Crippen LogP contribution in [0.3, 0.4) is 0 Å². The van der Waals surface area contributed by atoms with E-state index >= 15 is 0 Å². The smallest absolute Gasteiger partial charge is 0.342 e. The van der Waals surface area contributed by atoms with E-state index in [1.54, 1.807) is 31.2 Å². The zero-order chi connectivity index (χ0) is 16.7. The molecule has 2 atom stereocenters. The number of esters is 1. The Labute approximate surface area is 147 Å². The SMILES string of the molecule is CCOC(=O)C(F)[C@@H](N)c1ccccc1OCc1ccccc1.Cl. The van der Waals surface area contributed by atoms with Crippen LogP contribution in [0.25, 0.3) is 0 Å². The lowest BCUT2D eigenvalue weighted by Crippen LogP contribution is -2.31. The first-order chi connectivity index (χ1) is 11.1. The number of carbonyl (C=O) groups is 1. The first-order valence-electron chi connectivity index (χ1n) is 7.45. The molecule has 1 unspecified atom stereocenters. The van der Waals surface area contributed by atoms with Crippen LogP contribution >= 0.6 is 12.4 Å². The number of hydrogen-bond donors (Lipinski definition) is 1. The van der Waals surface area contributed by atoms with Crippen LogP contribution in [0.1, 0.15) is 24.1 Å². The standard InChI is InChI=1S/C18H20FNO3.ClH/c1-2-22-18(21)16(19)17(20)14-10-6-7-11-15(14)23-12-13-8-4-3-5-9-13;/h3-11,16-17H,2,12,20H2,1H3;1H/t16?,17-;/m0./s1. The molecular formula is C18H21ClFNO3. The highest BCUT2D eigenvalue weighted by Crippen LogP contribution is 2.28. The molecule has 2 aromatic rings. The molecule has 2 N–H and O–H groups in total. The van der Waals surface area contributed by atoms with E-state index in [4.69, 9.17) is 10.5 Å². The molecule has 24 heavy (non-hydrogen) atoms. The monoisotopic (exact) mass is 353 g/mol. The maximum Gasteiger partial charge on any atom is 0.342 e. The van der Waals surface area contributed by atoms with Gasteiger partial charge in [-0.1, -0.05) is 48.5 Å². The van der Waals surface area contributed by atoms with Crippen molar-refractivity contribution in [2.75, 3.05) is 6.61 Å². The van der Waals surface area contributed by atoms with Gasteiger partial charge in [0.15, 0.2) is 0 Å². The summed E-state index contributed by atoms with van der Waals surface area (Å²) in [5, 5.41) is 0. The molecule has 0 saturated heterocycles. The van der Waals surface area contributed by atoms with Crippen molar-refractivity contribution in [2.24, 2.45) is 5.73 Å². The molecule has 0 heterocycles. The van der Waals surface area contributed by atoms with Crippen LogP contribution in [0.5, 0.6) is 5.75 Å². The van der Waals surface area contributed by atoms with Crippen LogP contribution in [0.4, 0.5) is 4.39 Å². The largest absolute Gasteiger partial charge is 0.489 e. The Kier molecular flexibility index (Phi) is 8.22. The second kappa shape index (κ2) is 9.90. The lowest BCUT2D eigenvalue weighted by molar-refractivity contribution is -0.149. The third kappa shape index (κ3) is 5.22. The van der Waals surface area contributed by atoms with Gasteiger partial charge in [0.05, 0.1) is 12.6 Å². The van der Waals surface area contributed by atoms with Crippen molar-refractivity contribution in [3.05, 3.63) is 65.7 Å². The van der Waals surface area contributed by atoms with E-state index in [1.165, 1.54) is 0 Å². The summed E-state index contributed by atoms with van der Waals surface area (Å²) in [6.45, 7) is 2.06. The van der Waals surface area contributed by atoms with Crippen LogP contribution < -0.4 is 10.5 Å². The van der Waals surface area contributed by atoms with Gasteiger partial charge in [0, 0.05) is 5.56 Å². The van der Waals surface area contributed by atoms with Crippen molar-refractivity contribution < 1.29 is 18.7 Å². The predicted molar refractivity (Wildman–Crippen MR) is 92.9 cm³/mol. The molecule has 0 radical (unpaired) electrons. The van der Waals surface area contributed by atoms with Crippen LogP contribution in [0.15, 0.2) is 54.6 Å². The Balaban J connectivity index is 0.00000288. The number of carbonyl (C=O) groups excluding carboxylic acids is 1. The number of para-hydroxylation sites is 1. The molecule has 130 valence electrons. The zero-order valence-electron chi connectivity index (χ0n) is 13.4. The minimum Gasteiger partial charge on any atom is -0.489 e. The average molecular weight is 354 g/mol. The highest BCUT2D eigenvalue weighted by Gasteiger charge is 2.29. The summed E-state index contributed by atoms with van der Waals surface area (Å²) >= 11 is 0. The fourth-order valence-electron chi connectivity index (χ4n) is 2.15. The van der Waals surface area contributed by atoms with E-state index in [0.717, 1.165) is 5.56 Å². The van der Waals surface area contributed by atoms with Gasteiger partial charge in [0.25, 0.3) is 0 Å². The van der Waals surface area contributed by atoms with Crippen LogP contribution in [0.2, 0.25) is 0 Å². The van der Waals surface area contributed by atoms with Crippen molar-refractivity contribution >= 4 is 18.4 Å². The molecular weight excluding hydrogens is 333 g/mol. The van der Waals surface area contributed by atoms with E-state index in [-0.39, 0.29) is 19.0 Å². The molecule has 0 amide bonds. The molecule has 0 fully saturated rings. The Morgan fingerprint density at radius 3 is 2.42 bits per heavy atom. The van der Waals surface area contributed by atoms with E-state index in [0.29, 0.717) is 17.9 Å². The number of benzene rings is 2. The van der Waals surface area contributed by atoms with Crippen LogP contribution in [-0.2, 0) is 16.1 Å². The zero-order valence-corrected chi connectivity index (χ0v) is 14.2. The Morgan fingerprint density at radius 1 is 1.12 bits per heavy atom. The van der Waals surface area contributed by atoms with Gasteiger partial charge in [-0.2, -0.15) is 0 Å². The third-order valence-corrected chi connectivity index (χ3v) is 3.34. The Morgan fingerprint density at radius 2 is 1.75 bits per heavy atom. The first-order valence-corrected chi connectivity index (χ1v) is 7.45. The molecule has 0 spiro atoms. The van der Waals surface area contributed by atoms with Gasteiger partial charge in [-0.15, -0.1) is 12.4 Å². The summed E-state index contributed by atoms with van der Waals surface area (Å²) in [6.07, 6.45) is -1.93. The second-order valence-electron chi connectivity index (χ2n) is 4.99. The van der Waals surface area contributed by atoms with Gasteiger partial charge in [0.1, 0.15) is 12.4 Å². The van der Waals surface area contributed by atoms with Crippen molar-refractivity contribution in [2.45, 2.75) is 25.7 Å². The van der Waals surface area contributed by atoms with Gasteiger partial charge in [-0.25, -0.2) is 9.18 Å². The van der Waals surface area contributed by atoms with Gasteiger partial charge in [-0.05, 0) is 18.6 Å². The number of alkyl halides is 1. The highest BCUT2D eigenvalue weighted by molar-refractivity contribution is 5.85. The summed E-state index contributed by atoms with van der Waals surface area (Å²) < 4.78 is 24.6. The van der Waals surface area contributed by atoms with Crippen molar-refractivity contribution in [3.8, 4) is 5.75 Å². The number of rotatable bonds is 7. The highest BCUT2D eigenvalue weighted by atomic mass is 35.5. The number of halogens is 2. The summed E-state index contributed by atoms with van der Waals surface area (Å²) in [5.74, 6) is -0.506. The van der Waals surface area contributed by atoms with Crippen LogP contribution in [-0.4, -0.2) is 18.7 Å². The maximum atomic E-state index is 14.2. The molecule has 0 aliphatic carbocycles. The molecule has 4 nitrogen and oxygen atoms in total. The lowest BCUT2D eigenvalue weighted by atomic mass is 10.0. The molecule has 0 aliphatic rings. The van der Waals surface area contributed by atoms with Gasteiger partial charge < -0.3 is 15.2 Å². The Hall–Kier alpha value is -2.11. The minimum absolute atomic E-state index is 0. The number of nitrogens with two attached hydrogens (primary N) is 1. The molecule has 0 bridgehead atoms. The van der Waals surface area contributed by atoms with Gasteiger partial charge >= 0.3 is 5.97 Å². The van der Waals surface area contributed by atoms with Crippen molar-refractivity contribution in [1.82, 2.24) is 0 Å².